The summed E-state index contributed by atoms with van der Waals surface area (Å²) >= 11 is 0. The molecule has 0 spiro atoms. The van der Waals surface area contributed by atoms with Gasteiger partial charge < -0.3 is 57.1 Å². The van der Waals surface area contributed by atoms with Crippen LogP contribution in [0.5, 0.6) is 34.5 Å². The Bertz CT molecular complexity index is 3740. The molecule has 106 heavy (non-hydrogen) atoms. The summed E-state index contributed by atoms with van der Waals surface area (Å²) in [6, 6.07) is 23.2. The fraction of sp³-hybridized carbons (Fsp3) is 0.586. The molecule has 0 atom stereocenters. The number of hydrogen-bond acceptors (Lipinski definition) is 15. The number of phosphoric ester groups is 3. The number of phosphoric acid groups is 3. The van der Waals surface area contributed by atoms with Gasteiger partial charge in [-0.05, 0) is 135 Å². The van der Waals surface area contributed by atoms with Gasteiger partial charge in [-0.25, -0.2) is 13.7 Å². The van der Waals surface area contributed by atoms with Gasteiger partial charge in [0, 0.05) is 66.8 Å². The number of benzene rings is 6. The van der Waals surface area contributed by atoms with E-state index in [0.29, 0.717) is 66.8 Å². The quantitative estimate of drug-likeness (QED) is 0.0947. The molecule has 3 N–H and O–H groups in total. The zero-order valence-corrected chi connectivity index (χ0v) is 74.7. The fourth-order valence-corrected chi connectivity index (χ4v) is 15.6. The van der Waals surface area contributed by atoms with Crippen LogP contribution in [0.1, 0.15) is 368 Å². The maximum absolute atomic E-state index is 13.3. The SMILES string of the molecule is CC(C)(C)c1cc2c(c(C(C)(C)C)c1)OP(=O)([O-])Oc1c(cc(C(C)(C)C)cc1C(C)(C)C)C2O.CC(C)(C)c1cc2c(c(C(C)(C)C)c1)OP(=O)([O-])Oc1c(cc(C(C)(C)C)cc1C(C)(C)C)C2O.CC(C)(C)c1cc2c(c(C(C)(C)C)c1)OP(=O)([O-])Oc1c(cc(C(C)(C)C)cc1C(C)(C)C)C2O.[Al+3]. The van der Waals surface area contributed by atoms with E-state index in [1.54, 1.807) is 0 Å². The average molecular weight is 1530 g/mol. The Morgan fingerprint density at radius 2 is 0.330 bits per heavy atom. The van der Waals surface area contributed by atoms with Gasteiger partial charge in [-0.1, -0.05) is 286 Å². The van der Waals surface area contributed by atoms with Gasteiger partial charge in [-0.3, -0.25) is 0 Å². The van der Waals surface area contributed by atoms with Gasteiger partial charge in [-0.15, -0.1) is 0 Å². The first-order chi connectivity index (χ1) is 46.6. The van der Waals surface area contributed by atoms with Gasteiger partial charge in [0.1, 0.15) is 52.8 Å². The molecule has 15 nitrogen and oxygen atoms in total. The molecular formula is C87H126AlO15P3. The average Bonchev–Trinajstić information content (AvgIpc) is 0.744. The number of hydrogen-bond donors (Lipinski definition) is 3. The summed E-state index contributed by atoms with van der Waals surface area (Å²) in [6.07, 6.45) is -3.40. The predicted molar refractivity (Wildman–Crippen MR) is 428 cm³/mol. The molecule has 0 amide bonds. The third-order valence-corrected chi connectivity index (χ3v) is 22.2. The number of aliphatic hydroxyl groups excluding tert-OH is 3. The van der Waals surface area contributed by atoms with Crippen LogP contribution in [0.2, 0.25) is 0 Å². The zero-order chi connectivity index (χ0) is 80.8. The predicted octanol–water partition coefficient (Wildman–Crippen LogP) is 21.2. The van der Waals surface area contributed by atoms with E-state index in [9.17, 15) is 43.7 Å². The van der Waals surface area contributed by atoms with Gasteiger partial charge in [0.15, 0.2) is 0 Å². The van der Waals surface area contributed by atoms with Crippen molar-refractivity contribution >= 4 is 40.8 Å². The van der Waals surface area contributed by atoms with Crippen LogP contribution in [0.25, 0.3) is 0 Å². The van der Waals surface area contributed by atoms with Crippen molar-refractivity contribution in [2.75, 3.05) is 0 Å². The molecule has 3 heterocycles. The second-order valence-electron chi connectivity index (χ2n) is 41.7. The molecule has 0 saturated carbocycles. The first-order valence-electron chi connectivity index (χ1n) is 36.9. The van der Waals surface area contributed by atoms with E-state index < -0.39 is 74.3 Å². The van der Waals surface area contributed by atoms with Crippen molar-refractivity contribution in [3.63, 3.8) is 0 Å². The Balaban J connectivity index is 0.000000248. The molecule has 0 radical (unpaired) electrons. The van der Waals surface area contributed by atoms with Crippen LogP contribution in [0, 0.1) is 0 Å². The van der Waals surface area contributed by atoms with Gasteiger partial charge in [0.05, 0.1) is 0 Å². The number of rotatable bonds is 0. The van der Waals surface area contributed by atoms with Crippen molar-refractivity contribution in [2.45, 2.75) is 333 Å². The minimum absolute atomic E-state index is 0. The Labute approximate surface area is 647 Å². The zero-order valence-electron chi connectivity index (χ0n) is 70.8. The van der Waals surface area contributed by atoms with Crippen molar-refractivity contribution in [3.8, 4) is 34.5 Å². The molecule has 3 aliphatic heterocycles. The van der Waals surface area contributed by atoms with Gasteiger partial charge >= 0.3 is 40.8 Å². The minimum atomic E-state index is -4.81. The Hall–Kier alpha value is -4.90. The van der Waals surface area contributed by atoms with E-state index in [0.717, 1.165) is 33.4 Å². The molecule has 0 bridgehead atoms. The third-order valence-electron chi connectivity index (χ3n) is 19.7. The maximum Gasteiger partial charge on any atom is 3.00 e. The summed E-state index contributed by atoms with van der Waals surface area (Å²) in [6.45, 7) is 73.9. The van der Waals surface area contributed by atoms with Crippen LogP contribution in [0.15, 0.2) is 72.8 Å². The monoisotopic (exact) mass is 1530 g/mol. The van der Waals surface area contributed by atoms with Crippen LogP contribution >= 0.6 is 23.5 Å². The summed E-state index contributed by atoms with van der Waals surface area (Å²) in [5, 5.41) is 35.7. The van der Waals surface area contributed by atoms with E-state index in [-0.39, 0.29) is 84.3 Å². The number of fused-ring (bicyclic) bond motifs is 6. The fourth-order valence-electron chi connectivity index (χ4n) is 12.9. The molecule has 0 aromatic heterocycles. The third kappa shape index (κ3) is 20.2. The Morgan fingerprint density at radius 3 is 0.415 bits per heavy atom. The summed E-state index contributed by atoms with van der Waals surface area (Å²) in [5.41, 5.74) is 8.96. The van der Waals surface area contributed by atoms with Gasteiger partial charge in [0.25, 0.3) is 0 Å². The van der Waals surface area contributed by atoms with Crippen molar-refractivity contribution < 1.29 is 70.8 Å². The van der Waals surface area contributed by atoms with E-state index >= 15 is 0 Å². The van der Waals surface area contributed by atoms with E-state index in [2.05, 4.69) is 125 Å². The topological polar surface area (TPSA) is 236 Å². The molecular weight excluding hydrogens is 1400 g/mol. The van der Waals surface area contributed by atoms with Crippen molar-refractivity contribution in [1.29, 1.82) is 0 Å². The largest absolute Gasteiger partial charge is 3.00 e. The van der Waals surface area contributed by atoms with Crippen LogP contribution in [-0.4, -0.2) is 32.7 Å². The molecule has 0 unspecified atom stereocenters. The van der Waals surface area contributed by atoms with Gasteiger partial charge in [-0.2, -0.15) is 0 Å². The Morgan fingerprint density at radius 1 is 0.226 bits per heavy atom. The van der Waals surface area contributed by atoms with Gasteiger partial charge in [0.2, 0.25) is 0 Å². The number of aliphatic hydroxyl groups is 3. The van der Waals surface area contributed by atoms with Crippen molar-refractivity contribution in [1.82, 2.24) is 0 Å². The second kappa shape index (κ2) is 29.0. The minimum Gasteiger partial charge on any atom is -0.736 e. The summed E-state index contributed by atoms with van der Waals surface area (Å²) in [4.78, 5) is 39.8. The molecule has 0 fully saturated rings. The normalized spacial score (nSPS) is 21.1. The molecule has 6 aromatic carbocycles. The molecule has 19 heteroatoms. The first kappa shape index (κ1) is 90.0. The molecule has 6 aromatic rings. The summed E-state index contributed by atoms with van der Waals surface area (Å²) in [5.74, 6) is 0.919. The van der Waals surface area contributed by atoms with E-state index in [1.807, 2.05) is 197 Å². The first-order valence-corrected chi connectivity index (χ1v) is 41.2. The molecule has 0 aliphatic carbocycles. The smallest absolute Gasteiger partial charge is 0.736 e. The molecule has 582 valence electrons. The second-order valence-corrected chi connectivity index (χ2v) is 45.5. The van der Waals surface area contributed by atoms with E-state index in [4.69, 9.17) is 27.1 Å². The molecule has 3 aliphatic rings. The maximum atomic E-state index is 13.3. The summed E-state index contributed by atoms with van der Waals surface area (Å²) in [7, 11) is -14.4. The standard InChI is InChI=1S/3C29H43O5P.Al/c3*1-26(2,3)17-13-19-23(30)20-14-18(27(4,5)6)16-22(29(10,11)12)25(20)34-35(31,32)33-24(19)21(15-17)28(7,8)9;/h3*13-16,23,30H,1-12H3,(H,31,32);/q;;;+3/p-3. The Kier molecular flexibility index (Phi) is 24.6. The van der Waals surface area contributed by atoms with Crippen LogP contribution < -0.4 is 41.8 Å². The summed E-state index contributed by atoms with van der Waals surface area (Å²) < 4.78 is 73.8. The van der Waals surface area contributed by atoms with Crippen LogP contribution in [0.4, 0.5) is 0 Å². The van der Waals surface area contributed by atoms with Crippen molar-refractivity contribution in [3.05, 3.63) is 173 Å². The van der Waals surface area contributed by atoms with Crippen molar-refractivity contribution in [2.24, 2.45) is 0 Å². The van der Waals surface area contributed by atoms with Crippen LogP contribution in [0.3, 0.4) is 0 Å². The van der Waals surface area contributed by atoms with Crippen LogP contribution in [-0.2, 0) is 78.7 Å². The molecule has 0 saturated heterocycles. The molecule has 9 rings (SSSR count). The van der Waals surface area contributed by atoms with E-state index in [1.165, 1.54) is 0 Å².